The second-order valence-electron chi connectivity index (χ2n) is 4.41. The average molecular weight is 340 g/mol. The maximum atomic E-state index is 4.44. The molecule has 0 saturated carbocycles. The number of anilines is 2. The van der Waals surface area contributed by atoms with E-state index in [-0.39, 0.29) is 0 Å². The highest BCUT2D eigenvalue weighted by Gasteiger charge is 2.21. The molecule has 0 radical (unpaired) electrons. The van der Waals surface area contributed by atoms with Crippen LogP contribution in [0.5, 0.6) is 0 Å². The second-order valence-corrected chi connectivity index (χ2v) is 5.99. The summed E-state index contributed by atoms with van der Waals surface area (Å²) in [5.41, 5.74) is 0. The molecule has 3 rings (SSSR count). The van der Waals surface area contributed by atoms with Crippen LogP contribution >= 0.6 is 27.5 Å². The lowest BCUT2D eigenvalue weighted by Gasteiger charge is -2.35. The van der Waals surface area contributed by atoms with Crippen molar-refractivity contribution in [3.8, 4) is 0 Å². The highest BCUT2D eigenvalue weighted by atomic mass is 79.9. The highest BCUT2D eigenvalue weighted by Crippen LogP contribution is 2.25. The molecule has 2 aromatic rings. The van der Waals surface area contributed by atoms with Crippen LogP contribution in [0.1, 0.15) is 5.82 Å². The first-order chi connectivity index (χ1) is 9.24. The lowest BCUT2D eigenvalue weighted by Crippen LogP contribution is -2.47. The molecule has 1 fully saturated rings. The molecule has 1 aliphatic rings. The van der Waals surface area contributed by atoms with Crippen molar-refractivity contribution in [3.05, 3.63) is 28.6 Å². The van der Waals surface area contributed by atoms with Gasteiger partial charge in [0.25, 0.3) is 0 Å². The fourth-order valence-corrected chi connectivity index (χ4v) is 3.37. The molecule has 1 saturated heterocycles. The van der Waals surface area contributed by atoms with Gasteiger partial charge in [-0.25, -0.2) is 9.97 Å². The fourth-order valence-electron chi connectivity index (χ4n) is 2.13. The van der Waals surface area contributed by atoms with Crippen LogP contribution in [0.4, 0.5) is 10.9 Å². The Labute approximate surface area is 124 Å². The van der Waals surface area contributed by atoms with Crippen LogP contribution in [0.2, 0.25) is 0 Å². The number of nitrogens with zero attached hydrogens (tertiary/aromatic N) is 5. The molecule has 0 unspecified atom stereocenters. The van der Waals surface area contributed by atoms with E-state index in [0.29, 0.717) is 0 Å². The minimum absolute atomic E-state index is 0.856. The van der Waals surface area contributed by atoms with Crippen molar-refractivity contribution in [1.29, 1.82) is 0 Å². The van der Waals surface area contributed by atoms with Crippen LogP contribution in [0, 0.1) is 6.92 Å². The number of rotatable bonds is 2. The number of piperazine rings is 1. The maximum absolute atomic E-state index is 4.44. The molecule has 5 nitrogen and oxygen atoms in total. The van der Waals surface area contributed by atoms with Crippen molar-refractivity contribution in [2.24, 2.45) is 0 Å². The summed E-state index contributed by atoms with van der Waals surface area (Å²) in [6, 6.07) is 3.97. The van der Waals surface area contributed by atoms with Gasteiger partial charge in [-0.15, -0.1) is 0 Å². The molecule has 1 aliphatic heterocycles. The van der Waals surface area contributed by atoms with E-state index in [1.165, 1.54) is 11.5 Å². The van der Waals surface area contributed by atoms with Crippen LogP contribution < -0.4 is 9.80 Å². The van der Waals surface area contributed by atoms with Gasteiger partial charge in [0.2, 0.25) is 5.13 Å². The van der Waals surface area contributed by atoms with Crippen LogP contribution in [-0.4, -0.2) is 40.5 Å². The molecule has 3 heterocycles. The molecule has 19 heavy (non-hydrogen) atoms. The smallest absolute Gasteiger partial charge is 0.205 e. The Hall–Kier alpha value is -1.21. The monoisotopic (exact) mass is 339 g/mol. The SMILES string of the molecule is Cc1nsc(N2CCN(c3ncccc3Br)CC2)n1. The van der Waals surface area contributed by atoms with Crippen molar-refractivity contribution < 1.29 is 0 Å². The van der Waals surface area contributed by atoms with Gasteiger partial charge in [-0.05, 0) is 35.0 Å². The van der Waals surface area contributed by atoms with Crippen LogP contribution in [0.15, 0.2) is 22.8 Å². The number of pyridine rings is 1. The molecule has 0 atom stereocenters. The van der Waals surface area contributed by atoms with Crippen molar-refractivity contribution in [2.45, 2.75) is 6.92 Å². The summed E-state index contributed by atoms with van der Waals surface area (Å²) >= 11 is 5.03. The van der Waals surface area contributed by atoms with E-state index in [9.17, 15) is 0 Å². The number of aryl methyl sites for hydroxylation is 1. The molecular formula is C12H14BrN5S. The summed E-state index contributed by atoms with van der Waals surface area (Å²) in [6.07, 6.45) is 1.83. The van der Waals surface area contributed by atoms with Crippen molar-refractivity contribution in [3.63, 3.8) is 0 Å². The third-order valence-corrected chi connectivity index (χ3v) is 4.59. The van der Waals surface area contributed by atoms with Gasteiger partial charge < -0.3 is 9.80 Å². The van der Waals surface area contributed by atoms with E-state index in [1.807, 2.05) is 25.3 Å². The van der Waals surface area contributed by atoms with Gasteiger partial charge in [0.15, 0.2) is 0 Å². The van der Waals surface area contributed by atoms with Gasteiger partial charge in [-0.3, -0.25) is 0 Å². The number of hydrogen-bond donors (Lipinski definition) is 0. The van der Waals surface area contributed by atoms with E-state index in [4.69, 9.17) is 0 Å². The maximum Gasteiger partial charge on any atom is 0.205 e. The first-order valence-corrected chi connectivity index (χ1v) is 7.71. The van der Waals surface area contributed by atoms with E-state index < -0.39 is 0 Å². The van der Waals surface area contributed by atoms with Crippen LogP contribution in [0.25, 0.3) is 0 Å². The minimum atomic E-state index is 0.856. The summed E-state index contributed by atoms with van der Waals surface area (Å²) in [4.78, 5) is 13.5. The van der Waals surface area contributed by atoms with Crippen LogP contribution in [0.3, 0.4) is 0 Å². The molecule has 0 amide bonds. The number of aromatic nitrogens is 3. The normalized spacial score (nSPS) is 15.9. The molecule has 2 aromatic heterocycles. The topological polar surface area (TPSA) is 45.2 Å². The second kappa shape index (κ2) is 5.42. The Morgan fingerprint density at radius 1 is 1.21 bits per heavy atom. The minimum Gasteiger partial charge on any atom is -0.352 e. The summed E-state index contributed by atoms with van der Waals surface area (Å²) in [6.45, 7) is 5.75. The lowest BCUT2D eigenvalue weighted by atomic mass is 10.3. The van der Waals surface area contributed by atoms with Gasteiger partial charge >= 0.3 is 0 Å². The highest BCUT2D eigenvalue weighted by molar-refractivity contribution is 9.10. The summed E-state index contributed by atoms with van der Waals surface area (Å²) in [5.74, 6) is 1.88. The molecule has 0 N–H and O–H groups in total. The van der Waals surface area contributed by atoms with E-state index in [1.54, 1.807) is 0 Å². The quantitative estimate of drug-likeness (QED) is 0.840. The largest absolute Gasteiger partial charge is 0.352 e. The van der Waals surface area contributed by atoms with Gasteiger partial charge in [-0.1, -0.05) is 0 Å². The Kier molecular flexibility index (Phi) is 3.65. The molecule has 0 spiro atoms. The Morgan fingerprint density at radius 2 is 1.95 bits per heavy atom. The van der Waals surface area contributed by atoms with E-state index >= 15 is 0 Å². The van der Waals surface area contributed by atoms with Gasteiger partial charge in [-0.2, -0.15) is 4.37 Å². The lowest BCUT2D eigenvalue weighted by molar-refractivity contribution is 0.644. The van der Waals surface area contributed by atoms with E-state index in [2.05, 4.69) is 40.1 Å². The number of halogens is 1. The fraction of sp³-hybridized carbons (Fsp3) is 0.417. The van der Waals surface area contributed by atoms with Crippen LogP contribution in [-0.2, 0) is 0 Å². The molecule has 0 aromatic carbocycles. The van der Waals surface area contributed by atoms with Crippen molar-refractivity contribution >= 4 is 38.4 Å². The summed E-state index contributed by atoms with van der Waals surface area (Å²) < 4.78 is 5.29. The average Bonchev–Trinajstić information content (AvgIpc) is 2.86. The molecule has 0 bridgehead atoms. The van der Waals surface area contributed by atoms with Gasteiger partial charge in [0.05, 0.1) is 4.47 Å². The Morgan fingerprint density at radius 3 is 2.58 bits per heavy atom. The summed E-state index contributed by atoms with van der Waals surface area (Å²) in [7, 11) is 0. The first-order valence-electron chi connectivity index (χ1n) is 6.15. The standard InChI is InChI=1S/C12H14BrN5S/c1-9-15-12(19-16-9)18-7-5-17(6-8-18)11-10(13)3-2-4-14-11/h2-4H,5-8H2,1H3. The van der Waals surface area contributed by atoms with Gasteiger partial charge in [0.1, 0.15) is 11.6 Å². The third-order valence-electron chi connectivity index (χ3n) is 3.11. The number of hydrogen-bond acceptors (Lipinski definition) is 6. The molecule has 7 heteroatoms. The molecular weight excluding hydrogens is 326 g/mol. The molecule has 100 valence electrons. The van der Waals surface area contributed by atoms with Crippen molar-refractivity contribution in [1.82, 2.24) is 14.3 Å². The zero-order valence-electron chi connectivity index (χ0n) is 10.6. The van der Waals surface area contributed by atoms with E-state index in [0.717, 1.165) is 47.4 Å². The predicted octanol–water partition coefficient (Wildman–Crippen LogP) is 2.33. The predicted molar refractivity (Wildman–Crippen MR) is 81.0 cm³/mol. The third kappa shape index (κ3) is 2.71. The zero-order valence-corrected chi connectivity index (χ0v) is 13.0. The Balaban J connectivity index is 1.68. The zero-order chi connectivity index (χ0) is 13.2. The summed E-state index contributed by atoms with van der Waals surface area (Å²) in [5, 5.41) is 1.03. The van der Waals surface area contributed by atoms with Gasteiger partial charge in [0, 0.05) is 43.9 Å². The van der Waals surface area contributed by atoms with Crippen molar-refractivity contribution in [2.75, 3.05) is 36.0 Å². The molecule has 0 aliphatic carbocycles. The first kappa shape index (κ1) is 12.8. The Bertz CT molecular complexity index is 565.